The molecule has 4 nitrogen and oxygen atoms in total. The maximum atomic E-state index is 13.0. The summed E-state index contributed by atoms with van der Waals surface area (Å²) in [5, 5.41) is 3.14. The van der Waals surface area contributed by atoms with Gasteiger partial charge in [0, 0.05) is 25.2 Å². The van der Waals surface area contributed by atoms with Crippen LogP contribution in [0, 0.1) is 6.92 Å². The first-order chi connectivity index (χ1) is 13.1. The van der Waals surface area contributed by atoms with E-state index in [1.807, 2.05) is 35.2 Å². The van der Waals surface area contributed by atoms with Crippen molar-refractivity contribution in [1.29, 1.82) is 0 Å². The lowest BCUT2D eigenvalue weighted by atomic mass is 9.63. The highest BCUT2D eigenvalue weighted by atomic mass is 16.2. The molecule has 0 bridgehead atoms. The lowest BCUT2D eigenvalue weighted by molar-refractivity contribution is -0.130. The fourth-order valence-corrected chi connectivity index (χ4v) is 4.19. The van der Waals surface area contributed by atoms with E-state index in [2.05, 4.69) is 30.4 Å². The Morgan fingerprint density at radius 1 is 1.11 bits per heavy atom. The van der Waals surface area contributed by atoms with Gasteiger partial charge in [-0.1, -0.05) is 48.4 Å². The second kappa shape index (κ2) is 7.18. The molecule has 4 heteroatoms. The molecule has 1 heterocycles. The summed E-state index contributed by atoms with van der Waals surface area (Å²) in [7, 11) is 0. The van der Waals surface area contributed by atoms with Gasteiger partial charge >= 0.3 is 0 Å². The lowest BCUT2D eigenvalue weighted by Gasteiger charge is -2.41. The van der Waals surface area contributed by atoms with Crippen LogP contribution >= 0.6 is 0 Å². The summed E-state index contributed by atoms with van der Waals surface area (Å²) in [4.78, 5) is 26.7. The predicted molar refractivity (Wildman–Crippen MR) is 107 cm³/mol. The van der Waals surface area contributed by atoms with Gasteiger partial charge in [-0.2, -0.15) is 0 Å². The first-order valence-electron chi connectivity index (χ1n) is 9.83. The molecule has 1 aliphatic heterocycles. The summed E-state index contributed by atoms with van der Waals surface area (Å²) in [5.74, 6) is 0.319. The third-order valence-corrected chi connectivity index (χ3v) is 5.99. The van der Waals surface area contributed by atoms with Gasteiger partial charge in [0.1, 0.15) is 0 Å². The van der Waals surface area contributed by atoms with Gasteiger partial charge in [-0.05, 0) is 49.4 Å². The smallest absolute Gasteiger partial charge is 0.230 e. The summed E-state index contributed by atoms with van der Waals surface area (Å²) in [5.41, 5.74) is 3.96. The number of rotatable bonds is 5. The molecule has 140 valence electrons. The first-order valence-corrected chi connectivity index (χ1v) is 9.83. The fourth-order valence-electron chi connectivity index (χ4n) is 4.19. The van der Waals surface area contributed by atoms with Crippen molar-refractivity contribution in [2.24, 2.45) is 0 Å². The van der Waals surface area contributed by atoms with Crippen molar-refractivity contribution >= 4 is 17.5 Å². The molecule has 2 aromatic rings. The van der Waals surface area contributed by atoms with Gasteiger partial charge in [0.05, 0.1) is 5.41 Å². The van der Waals surface area contributed by atoms with E-state index < -0.39 is 0 Å². The zero-order valence-corrected chi connectivity index (χ0v) is 15.8. The van der Waals surface area contributed by atoms with Crippen molar-refractivity contribution in [2.75, 3.05) is 11.4 Å². The quantitative estimate of drug-likeness (QED) is 0.878. The van der Waals surface area contributed by atoms with Gasteiger partial charge in [-0.25, -0.2) is 0 Å². The first kappa shape index (κ1) is 17.8. The molecule has 0 atom stereocenters. The van der Waals surface area contributed by atoms with Crippen LogP contribution in [0.15, 0.2) is 48.5 Å². The molecule has 2 aromatic carbocycles. The Kier molecular flexibility index (Phi) is 4.73. The van der Waals surface area contributed by atoms with Crippen molar-refractivity contribution in [2.45, 2.75) is 51.0 Å². The van der Waals surface area contributed by atoms with Crippen LogP contribution in [-0.2, 0) is 21.5 Å². The van der Waals surface area contributed by atoms with Crippen LogP contribution in [0.1, 0.15) is 48.8 Å². The van der Waals surface area contributed by atoms with Gasteiger partial charge in [0.15, 0.2) is 0 Å². The van der Waals surface area contributed by atoms with Crippen molar-refractivity contribution in [3.8, 4) is 0 Å². The van der Waals surface area contributed by atoms with E-state index >= 15 is 0 Å². The third kappa shape index (κ3) is 3.36. The molecule has 1 saturated heterocycles. The van der Waals surface area contributed by atoms with Crippen molar-refractivity contribution < 1.29 is 9.59 Å². The van der Waals surface area contributed by atoms with Crippen LogP contribution in [0.4, 0.5) is 5.69 Å². The van der Waals surface area contributed by atoms with Crippen molar-refractivity contribution in [3.05, 3.63) is 65.2 Å². The molecule has 1 aliphatic carbocycles. The number of benzene rings is 2. The number of nitrogens with zero attached hydrogens (tertiary/aromatic N) is 1. The number of carbonyl (C=O) groups excluding carboxylic acids is 2. The SMILES string of the molecule is Cc1cccc(C2(C(=O)NCc3ccc(N4CCCC4=O)cc3)CCC2)c1. The zero-order chi connectivity index (χ0) is 18.9. The van der Waals surface area contributed by atoms with Gasteiger partial charge in [-0.3, -0.25) is 9.59 Å². The van der Waals surface area contributed by atoms with E-state index in [0.717, 1.165) is 49.0 Å². The Hall–Kier alpha value is -2.62. The summed E-state index contributed by atoms with van der Waals surface area (Å²) < 4.78 is 0. The minimum Gasteiger partial charge on any atom is -0.351 e. The normalized spacial score (nSPS) is 18.3. The average molecular weight is 362 g/mol. The number of aryl methyl sites for hydroxylation is 1. The maximum Gasteiger partial charge on any atom is 0.230 e. The Labute approximate surface area is 160 Å². The number of hydrogen-bond acceptors (Lipinski definition) is 2. The lowest BCUT2D eigenvalue weighted by Crippen LogP contribution is -2.49. The number of hydrogen-bond donors (Lipinski definition) is 1. The van der Waals surface area contributed by atoms with Crippen LogP contribution in [0.3, 0.4) is 0 Å². The van der Waals surface area contributed by atoms with Crippen molar-refractivity contribution in [1.82, 2.24) is 5.32 Å². The van der Waals surface area contributed by atoms with E-state index in [1.165, 1.54) is 5.56 Å². The Morgan fingerprint density at radius 2 is 1.89 bits per heavy atom. The summed E-state index contributed by atoms with van der Waals surface area (Å²) in [6.07, 6.45) is 4.49. The van der Waals surface area contributed by atoms with Crippen molar-refractivity contribution in [3.63, 3.8) is 0 Å². The zero-order valence-electron chi connectivity index (χ0n) is 15.8. The van der Waals surface area contributed by atoms with E-state index in [1.54, 1.807) is 0 Å². The third-order valence-electron chi connectivity index (χ3n) is 5.99. The largest absolute Gasteiger partial charge is 0.351 e. The van der Waals surface area contributed by atoms with Crippen LogP contribution < -0.4 is 10.2 Å². The van der Waals surface area contributed by atoms with E-state index in [4.69, 9.17) is 0 Å². The molecule has 2 fully saturated rings. The van der Waals surface area contributed by atoms with Gasteiger partial charge in [-0.15, -0.1) is 0 Å². The van der Waals surface area contributed by atoms with E-state index in [9.17, 15) is 9.59 Å². The molecule has 27 heavy (non-hydrogen) atoms. The van der Waals surface area contributed by atoms with Crippen LogP contribution in [0.5, 0.6) is 0 Å². The van der Waals surface area contributed by atoms with Gasteiger partial charge in [0.25, 0.3) is 0 Å². The monoisotopic (exact) mass is 362 g/mol. The number of anilines is 1. The van der Waals surface area contributed by atoms with Gasteiger partial charge in [0.2, 0.25) is 11.8 Å². The van der Waals surface area contributed by atoms with Crippen LogP contribution in [0.2, 0.25) is 0 Å². The standard InChI is InChI=1S/C23H26N2O2/c1-17-5-2-6-19(15-17)23(12-4-13-23)22(27)24-16-18-8-10-20(11-9-18)25-14-3-7-21(25)26/h2,5-6,8-11,15H,3-4,7,12-14,16H2,1H3,(H,24,27). The van der Waals surface area contributed by atoms with E-state index in [-0.39, 0.29) is 17.2 Å². The second-order valence-electron chi connectivity index (χ2n) is 7.80. The molecular weight excluding hydrogens is 336 g/mol. The van der Waals surface area contributed by atoms with Gasteiger partial charge < -0.3 is 10.2 Å². The Bertz CT molecular complexity index is 853. The number of carbonyl (C=O) groups is 2. The molecule has 0 aromatic heterocycles. The number of nitrogens with one attached hydrogen (secondary N) is 1. The Balaban J connectivity index is 1.42. The van der Waals surface area contributed by atoms with E-state index in [0.29, 0.717) is 13.0 Å². The molecule has 4 rings (SSSR count). The molecule has 2 aliphatic rings. The minimum atomic E-state index is -0.367. The molecule has 0 unspecified atom stereocenters. The molecular formula is C23H26N2O2. The highest BCUT2D eigenvalue weighted by Gasteiger charge is 2.45. The average Bonchev–Trinajstić information content (AvgIpc) is 3.06. The molecule has 1 N–H and O–H groups in total. The molecule has 1 saturated carbocycles. The summed E-state index contributed by atoms with van der Waals surface area (Å²) >= 11 is 0. The topological polar surface area (TPSA) is 49.4 Å². The summed E-state index contributed by atoms with van der Waals surface area (Å²) in [6, 6.07) is 16.3. The van der Waals surface area contributed by atoms with Crippen LogP contribution in [0.25, 0.3) is 0 Å². The second-order valence-corrected chi connectivity index (χ2v) is 7.80. The fraction of sp³-hybridized carbons (Fsp3) is 0.391. The maximum absolute atomic E-state index is 13.0. The minimum absolute atomic E-state index is 0.123. The highest BCUT2D eigenvalue weighted by Crippen LogP contribution is 2.44. The predicted octanol–water partition coefficient (Wildman–Crippen LogP) is 3.86. The summed E-state index contributed by atoms with van der Waals surface area (Å²) in [6.45, 7) is 3.38. The molecule has 0 radical (unpaired) electrons. The van der Waals surface area contributed by atoms with Crippen LogP contribution in [-0.4, -0.2) is 18.4 Å². The molecule has 0 spiro atoms. The highest BCUT2D eigenvalue weighted by molar-refractivity contribution is 5.95. The molecule has 2 amide bonds. The Morgan fingerprint density at radius 3 is 2.48 bits per heavy atom. The number of amides is 2.